The summed E-state index contributed by atoms with van der Waals surface area (Å²) < 4.78 is 16.8. The topological polar surface area (TPSA) is 82.1 Å². The molecule has 0 aromatic heterocycles. The molecule has 0 aromatic carbocycles. The lowest BCUT2D eigenvalue weighted by atomic mass is 9.74. The van der Waals surface area contributed by atoms with Gasteiger partial charge in [0.1, 0.15) is 0 Å². The number of hydrogen-bond donors (Lipinski definition) is 0. The Labute approximate surface area is 133 Å². The highest BCUT2D eigenvalue weighted by Crippen LogP contribution is 2.64. The van der Waals surface area contributed by atoms with Gasteiger partial charge in [0.15, 0.2) is 11.5 Å². The van der Waals surface area contributed by atoms with Gasteiger partial charge in [0.25, 0.3) is 0 Å². The lowest BCUT2D eigenvalue weighted by Crippen LogP contribution is -2.54. The summed E-state index contributed by atoms with van der Waals surface area (Å²) in [6.45, 7) is 3.77. The molecule has 2 bridgehead atoms. The minimum absolute atomic E-state index is 0.0278. The Balaban J connectivity index is 1.86. The molecule has 4 heterocycles. The summed E-state index contributed by atoms with van der Waals surface area (Å²) in [4.78, 5) is 38.2. The molecule has 3 saturated heterocycles. The van der Waals surface area contributed by atoms with Gasteiger partial charge in [0, 0.05) is 37.8 Å². The molecule has 7 nitrogen and oxygen atoms in total. The first-order valence-corrected chi connectivity index (χ1v) is 8.06. The van der Waals surface area contributed by atoms with Gasteiger partial charge in [-0.1, -0.05) is 0 Å². The summed E-state index contributed by atoms with van der Waals surface area (Å²) in [7, 11) is 0. The quantitative estimate of drug-likeness (QED) is 0.718. The lowest BCUT2D eigenvalue weighted by molar-refractivity contribution is -0.190. The first-order valence-electron chi connectivity index (χ1n) is 8.06. The summed E-state index contributed by atoms with van der Waals surface area (Å²) in [5, 5.41) is 0. The van der Waals surface area contributed by atoms with Crippen LogP contribution in [0.15, 0.2) is 11.3 Å². The average molecular weight is 321 g/mol. The van der Waals surface area contributed by atoms with E-state index >= 15 is 0 Å². The fourth-order valence-corrected chi connectivity index (χ4v) is 4.64. The van der Waals surface area contributed by atoms with Gasteiger partial charge in [0.05, 0.1) is 6.61 Å². The first kappa shape index (κ1) is 14.7. The maximum atomic E-state index is 12.6. The van der Waals surface area contributed by atoms with Crippen LogP contribution in [0.1, 0.15) is 39.5 Å². The molecule has 0 saturated carbocycles. The van der Waals surface area contributed by atoms with Crippen molar-refractivity contribution in [2.45, 2.75) is 50.9 Å². The number of rotatable bonds is 3. The van der Waals surface area contributed by atoms with Gasteiger partial charge in [-0.3, -0.25) is 9.59 Å². The van der Waals surface area contributed by atoms with E-state index in [9.17, 15) is 14.4 Å². The SMILES string of the molecule is CCOC(=O)C12CC3CCC(=O)N4CCC(=C1OC(C)=O)C34O2. The van der Waals surface area contributed by atoms with Gasteiger partial charge in [-0.15, -0.1) is 0 Å². The van der Waals surface area contributed by atoms with Crippen LogP contribution in [0.25, 0.3) is 0 Å². The van der Waals surface area contributed by atoms with E-state index in [1.165, 1.54) is 6.92 Å². The van der Waals surface area contributed by atoms with E-state index < -0.39 is 23.3 Å². The van der Waals surface area contributed by atoms with Crippen LogP contribution >= 0.6 is 0 Å². The molecule has 0 N–H and O–H groups in total. The van der Waals surface area contributed by atoms with Gasteiger partial charge in [-0.2, -0.15) is 0 Å². The van der Waals surface area contributed by atoms with E-state index in [-0.39, 0.29) is 24.2 Å². The lowest BCUT2D eigenvalue weighted by Gasteiger charge is -2.42. The molecule has 0 radical (unpaired) electrons. The minimum Gasteiger partial charge on any atom is -0.463 e. The first-order chi connectivity index (χ1) is 11.0. The second-order valence-electron chi connectivity index (χ2n) is 6.48. The third kappa shape index (κ3) is 1.60. The fourth-order valence-electron chi connectivity index (χ4n) is 4.64. The van der Waals surface area contributed by atoms with Crippen molar-refractivity contribution >= 4 is 17.8 Å². The number of ether oxygens (including phenoxy) is 3. The van der Waals surface area contributed by atoms with Crippen LogP contribution in [0.4, 0.5) is 0 Å². The highest BCUT2D eigenvalue weighted by atomic mass is 16.6. The molecule has 4 aliphatic heterocycles. The van der Waals surface area contributed by atoms with E-state index in [0.717, 1.165) is 5.57 Å². The number of nitrogens with zero attached hydrogens (tertiary/aromatic N) is 1. The molecule has 3 unspecified atom stereocenters. The molecule has 1 amide bonds. The average Bonchev–Trinajstić information content (AvgIpc) is 3.10. The molecule has 3 atom stereocenters. The van der Waals surface area contributed by atoms with Crippen LogP contribution in [-0.4, -0.2) is 47.2 Å². The summed E-state index contributed by atoms with van der Waals surface area (Å²) in [5.74, 6) is -0.700. The maximum absolute atomic E-state index is 12.6. The van der Waals surface area contributed by atoms with Crippen molar-refractivity contribution < 1.29 is 28.6 Å². The molecule has 4 rings (SSSR count). The Morgan fingerprint density at radius 2 is 2.17 bits per heavy atom. The summed E-state index contributed by atoms with van der Waals surface area (Å²) in [6, 6.07) is 0. The number of hydrogen-bond acceptors (Lipinski definition) is 6. The van der Waals surface area contributed by atoms with E-state index in [1.54, 1.807) is 11.8 Å². The van der Waals surface area contributed by atoms with E-state index in [2.05, 4.69) is 0 Å². The van der Waals surface area contributed by atoms with E-state index in [1.807, 2.05) is 0 Å². The van der Waals surface area contributed by atoms with Crippen molar-refractivity contribution in [3.63, 3.8) is 0 Å². The Morgan fingerprint density at radius 1 is 1.39 bits per heavy atom. The molecule has 23 heavy (non-hydrogen) atoms. The number of carbonyl (C=O) groups excluding carboxylic acids is 3. The van der Waals surface area contributed by atoms with Crippen LogP contribution in [0.2, 0.25) is 0 Å². The van der Waals surface area contributed by atoms with E-state index in [0.29, 0.717) is 32.2 Å². The van der Waals surface area contributed by atoms with Crippen LogP contribution in [0, 0.1) is 5.92 Å². The molecule has 0 aromatic rings. The molecular weight excluding hydrogens is 302 g/mol. The van der Waals surface area contributed by atoms with Crippen molar-refractivity contribution in [2.75, 3.05) is 13.2 Å². The number of piperidine rings is 1. The standard InChI is InChI=1S/C16H19NO6/c1-3-21-14(20)15-8-10-4-5-12(19)17-7-6-11(16(10,17)23-15)13(15)22-9(2)18/h10H,3-8H2,1-2H3. The van der Waals surface area contributed by atoms with Gasteiger partial charge < -0.3 is 19.1 Å². The van der Waals surface area contributed by atoms with Crippen molar-refractivity contribution in [3.8, 4) is 0 Å². The predicted molar refractivity (Wildman–Crippen MR) is 75.6 cm³/mol. The number of amides is 1. The molecule has 0 aliphatic carbocycles. The zero-order chi connectivity index (χ0) is 16.4. The Bertz CT molecular complexity index is 655. The van der Waals surface area contributed by atoms with Gasteiger partial charge >= 0.3 is 11.9 Å². The van der Waals surface area contributed by atoms with Crippen molar-refractivity contribution in [3.05, 3.63) is 11.3 Å². The van der Waals surface area contributed by atoms with Crippen LogP contribution in [0.3, 0.4) is 0 Å². The van der Waals surface area contributed by atoms with Crippen molar-refractivity contribution in [2.24, 2.45) is 5.92 Å². The summed E-state index contributed by atoms with van der Waals surface area (Å²) >= 11 is 0. The summed E-state index contributed by atoms with van der Waals surface area (Å²) in [6.07, 6.45) is 2.09. The predicted octanol–water partition coefficient (Wildman–Crippen LogP) is 0.878. The zero-order valence-corrected chi connectivity index (χ0v) is 13.2. The normalized spacial score (nSPS) is 37.2. The smallest absolute Gasteiger partial charge is 0.346 e. The monoisotopic (exact) mass is 321 g/mol. The number of fused-ring (bicyclic) bond motifs is 1. The molecule has 3 fully saturated rings. The number of esters is 2. The Morgan fingerprint density at radius 3 is 2.87 bits per heavy atom. The number of carbonyl (C=O) groups is 3. The molecule has 4 aliphatic rings. The molecule has 124 valence electrons. The van der Waals surface area contributed by atoms with Crippen molar-refractivity contribution in [1.82, 2.24) is 4.90 Å². The summed E-state index contributed by atoms with van der Waals surface area (Å²) in [5.41, 5.74) is -1.53. The second-order valence-corrected chi connectivity index (χ2v) is 6.48. The molecule has 1 spiro atoms. The highest BCUT2D eigenvalue weighted by Gasteiger charge is 2.76. The maximum Gasteiger partial charge on any atom is 0.346 e. The Kier molecular flexibility index (Phi) is 2.91. The third-order valence-electron chi connectivity index (χ3n) is 5.34. The minimum atomic E-state index is -1.38. The largest absolute Gasteiger partial charge is 0.463 e. The molecule has 7 heteroatoms. The molecular formula is C16H19NO6. The van der Waals surface area contributed by atoms with Crippen LogP contribution in [0.5, 0.6) is 0 Å². The van der Waals surface area contributed by atoms with Gasteiger partial charge in [0.2, 0.25) is 11.5 Å². The van der Waals surface area contributed by atoms with Crippen molar-refractivity contribution in [1.29, 1.82) is 0 Å². The fraction of sp³-hybridized carbons (Fsp3) is 0.688. The van der Waals surface area contributed by atoms with Crippen LogP contribution < -0.4 is 0 Å². The van der Waals surface area contributed by atoms with E-state index in [4.69, 9.17) is 14.2 Å². The highest BCUT2D eigenvalue weighted by molar-refractivity contribution is 5.89. The van der Waals surface area contributed by atoms with Gasteiger partial charge in [-0.25, -0.2) is 4.79 Å². The van der Waals surface area contributed by atoms with Gasteiger partial charge in [-0.05, 0) is 19.8 Å². The Hall–Kier alpha value is -1.89. The van der Waals surface area contributed by atoms with Crippen LogP contribution in [-0.2, 0) is 28.6 Å². The third-order valence-corrected chi connectivity index (χ3v) is 5.34. The second kappa shape index (κ2) is 4.56. The zero-order valence-electron chi connectivity index (χ0n) is 13.2.